The molecule has 3 heterocycles. The van der Waals surface area contributed by atoms with E-state index in [1.165, 1.54) is 0 Å². The molecule has 2 fully saturated rings. The number of carbonyl (C=O) groups excluding carboxylic acids is 1. The number of aromatic nitrogens is 1. The fraction of sp³-hybridized carbons (Fsp3) is 0.429. The average Bonchev–Trinajstić information content (AvgIpc) is 2.76. The van der Waals surface area contributed by atoms with Gasteiger partial charge in [-0.15, -0.1) is 0 Å². The first-order valence-electron chi connectivity index (χ1n) is 9.69. The number of amides is 1. The van der Waals surface area contributed by atoms with Gasteiger partial charge >= 0.3 is 0 Å². The Labute approximate surface area is 170 Å². The Balaban J connectivity index is 1.39. The number of likely N-dealkylation sites (tertiary alicyclic amines) is 1. The summed E-state index contributed by atoms with van der Waals surface area (Å²) in [4.78, 5) is 21.1. The molecule has 0 aliphatic carbocycles. The highest BCUT2D eigenvalue weighted by molar-refractivity contribution is 6.31. The van der Waals surface area contributed by atoms with Crippen molar-refractivity contribution in [1.82, 2.24) is 9.88 Å². The number of benzene rings is 1. The number of nitrogens with zero attached hydrogens (tertiary/aromatic N) is 3. The molecule has 0 spiro atoms. The lowest BCUT2D eigenvalue weighted by Crippen LogP contribution is -2.44. The second-order valence-corrected chi connectivity index (χ2v) is 7.49. The summed E-state index contributed by atoms with van der Waals surface area (Å²) >= 11 is 6.14. The van der Waals surface area contributed by atoms with Gasteiger partial charge in [0.2, 0.25) is 0 Å². The van der Waals surface area contributed by atoms with Gasteiger partial charge in [0, 0.05) is 49.3 Å². The minimum absolute atomic E-state index is 0.0441. The summed E-state index contributed by atoms with van der Waals surface area (Å²) in [6.07, 6.45) is 4.97. The maximum atomic E-state index is 13.0. The molecule has 0 radical (unpaired) electrons. The number of rotatable bonds is 4. The molecule has 0 bridgehead atoms. The summed E-state index contributed by atoms with van der Waals surface area (Å²) < 4.78 is 11.4. The summed E-state index contributed by atoms with van der Waals surface area (Å²) in [5.74, 6) is 0.661. The summed E-state index contributed by atoms with van der Waals surface area (Å²) in [5, 5.41) is 0.490. The van der Waals surface area contributed by atoms with Crippen molar-refractivity contribution < 1.29 is 14.3 Å². The standard InChI is InChI=1S/C21H24ClN3O3/c22-19-14-23-8-7-20(19)28-18-2-1-9-25(15-18)21(26)16-3-5-17(6-4-16)24-10-12-27-13-11-24/h3-8,14,18H,1-2,9-13,15H2/t18-/m1/s1. The van der Waals surface area contributed by atoms with E-state index in [-0.39, 0.29) is 12.0 Å². The van der Waals surface area contributed by atoms with Gasteiger partial charge in [-0.3, -0.25) is 9.78 Å². The minimum atomic E-state index is -0.0646. The molecule has 148 valence electrons. The lowest BCUT2D eigenvalue weighted by molar-refractivity contribution is 0.0538. The van der Waals surface area contributed by atoms with Crippen LogP contribution in [0.15, 0.2) is 42.7 Å². The summed E-state index contributed by atoms with van der Waals surface area (Å²) in [6.45, 7) is 4.57. The highest BCUT2D eigenvalue weighted by Crippen LogP contribution is 2.26. The van der Waals surface area contributed by atoms with Gasteiger partial charge in [0.05, 0.1) is 19.8 Å². The van der Waals surface area contributed by atoms with Gasteiger partial charge in [-0.2, -0.15) is 0 Å². The Bertz CT molecular complexity index is 809. The van der Waals surface area contributed by atoms with E-state index in [9.17, 15) is 4.79 Å². The van der Waals surface area contributed by atoms with Crippen LogP contribution in [0.4, 0.5) is 5.69 Å². The normalized spacial score (nSPS) is 20.1. The second-order valence-electron chi connectivity index (χ2n) is 7.09. The molecule has 0 unspecified atom stereocenters. The van der Waals surface area contributed by atoms with Crippen LogP contribution in [-0.4, -0.2) is 61.3 Å². The number of hydrogen-bond donors (Lipinski definition) is 0. The molecule has 2 saturated heterocycles. The molecule has 1 amide bonds. The number of carbonyl (C=O) groups is 1. The molecular weight excluding hydrogens is 378 g/mol. The van der Waals surface area contributed by atoms with E-state index in [0.29, 0.717) is 22.9 Å². The van der Waals surface area contributed by atoms with Gasteiger partial charge < -0.3 is 19.3 Å². The molecule has 1 aromatic carbocycles. The summed E-state index contributed by atoms with van der Waals surface area (Å²) in [6, 6.07) is 9.63. The van der Waals surface area contributed by atoms with Crippen LogP contribution in [0.1, 0.15) is 23.2 Å². The van der Waals surface area contributed by atoms with Gasteiger partial charge in [-0.05, 0) is 37.1 Å². The first-order valence-corrected chi connectivity index (χ1v) is 10.1. The van der Waals surface area contributed by atoms with Crippen molar-refractivity contribution in [3.63, 3.8) is 0 Å². The van der Waals surface area contributed by atoms with E-state index in [2.05, 4.69) is 9.88 Å². The predicted octanol–water partition coefficient (Wildman–Crippen LogP) is 3.26. The molecule has 4 rings (SSSR count). The number of pyridine rings is 1. The highest BCUT2D eigenvalue weighted by atomic mass is 35.5. The molecule has 28 heavy (non-hydrogen) atoms. The molecular formula is C21H24ClN3O3. The van der Waals surface area contributed by atoms with Crippen LogP contribution in [0.2, 0.25) is 5.02 Å². The van der Waals surface area contributed by atoms with Crippen LogP contribution in [0.25, 0.3) is 0 Å². The van der Waals surface area contributed by atoms with Gasteiger partial charge in [-0.25, -0.2) is 0 Å². The third kappa shape index (κ3) is 4.39. The van der Waals surface area contributed by atoms with Crippen molar-refractivity contribution in [1.29, 1.82) is 0 Å². The first-order chi connectivity index (χ1) is 13.7. The van der Waals surface area contributed by atoms with Crippen molar-refractivity contribution in [2.75, 3.05) is 44.3 Å². The van der Waals surface area contributed by atoms with Crippen LogP contribution in [-0.2, 0) is 4.74 Å². The maximum absolute atomic E-state index is 13.0. The molecule has 1 aromatic heterocycles. The zero-order chi connectivity index (χ0) is 19.3. The topological polar surface area (TPSA) is 54.9 Å². The molecule has 1 atom stereocenters. The molecule has 0 saturated carbocycles. The smallest absolute Gasteiger partial charge is 0.253 e. The van der Waals surface area contributed by atoms with E-state index >= 15 is 0 Å². The molecule has 0 N–H and O–H groups in total. The molecule has 2 aliphatic rings. The first kappa shape index (κ1) is 19.0. The number of piperidine rings is 1. The quantitative estimate of drug-likeness (QED) is 0.787. The van der Waals surface area contributed by atoms with Gasteiger partial charge in [0.25, 0.3) is 5.91 Å². The number of hydrogen-bond acceptors (Lipinski definition) is 5. The van der Waals surface area contributed by atoms with E-state index in [1.807, 2.05) is 29.2 Å². The zero-order valence-corrected chi connectivity index (χ0v) is 16.5. The minimum Gasteiger partial charge on any atom is -0.487 e. The molecule has 6 nitrogen and oxygen atoms in total. The van der Waals surface area contributed by atoms with Gasteiger partial charge in [-0.1, -0.05) is 11.6 Å². The molecule has 2 aliphatic heterocycles. The maximum Gasteiger partial charge on any atom is 0.253 e. The van der Waals surface area contributed by atoms with E-state index < -0.39 is 0 Å². The Morgan fingerprint density at radius 2 is 1.93 bits per heavy atom. The van der Waals surface area contributed by atoms with Crippen LogP contribution in [0.3, 0.4) is 0 Å². The van der Waals surface area contributed by atoms with Crippen molar-refractivity contribution in [2.24, 2.45) is 0 Å². The second kappa shape index (κ2) is 8.80. The highest BCUT2D eigenvalue weighted by Gasteiger charge is 2.26. The number of halogens is 1. The monoisotopic (exact) mass is 401 g/mol. The lowest BCUT2D eigenvalue weighted by atomic mass is 10.1. The summed E-state index contributed by atoms with van der Waals surface area (Å²) in [5.41, 5.74) is 1.84. The molecule has 7 heteroatoms. The van der Waals surface area contributed by atoms with Crippen molar-refractivity contribution in [3.8, 4) is 5.75 Å². The van der Waals surface area contributed by atoms with E-state index in [0.717, 1.165) is 51.4 Å². The lowest BCUT2D eigenvalue weighted by Gasteiger charge is -2.33. The average molecular weight is 402 g/mol. The fourth-order valence-corrected chi connectivity index (χ4v) is 3.84. The number of ether oxygens (including phenoxy) is 2. The van der Waals surface area contributed by atoms with E-state index in [1.54, 1.807) is 18.5 Å². The van der Waals surface area contributed by atoms with Crippen LogP contribution < -0.4 is 9.64 Å². The van der Waals surface area contributed by atoms with Crippen molar-refractivity contribution in [3.05, 3.63) is 53.3 Å². The van der Waals surface area contributed by atoms with Crippen molar-refractivity contribution >= 4 is 23.2 Å². The van der Waals surface area contributed by atoms with Gasteiger partial charge in [0.15, 0.2) is 0 Å². The predicted molar refractivity (Wildman–Crippen MR) is 108 cm³/mol. The van der Waals surface area contributed by atoms with Crippen LogP contribution in [0.5, 0.6) is 5.75 Å². The number of anilines is 1. The van der Waals surface area contributed by atoms with Crippen LogP contribution in [0, 0.1) is 0 Å². The Morgan fingerprint density at radius 3 is 2.68 bits per heavy atom. The fourth-order valence-electron chi connectivity index (χ4n) is 3.68. The van der Waals surface area contributed by atoms with Gasteiger partial charge in [0.1, 0.15) is 16.9 Å². The largest absolute Gasteiger partial charge is 0.487 e. The summed E-state index contributed by atoms with van der Waals surface area (Å²) in [7, 11) is 0. The van der Waals surface area contributed by atoms with E-state index in [4.69, 9.17) is 21.1 Å². The Kier molecular flexibility index (Phi) is 5.98. The Hall–Kier alpha value is -2.31. The third-order valence-corrected chi connectivity index (χ3v) is 5.47. The molecule has 2 aromatic rings. The SMILES string of the molecule is O=C(c1ccc(N2CCOCC2)cc1)N1CCC[C@@H](Oc2ccncc2Cl)C1. The Morgan fingerprint density at radius 1 is 1.14 bits per heavy atom. The van der Waals surface area contributed by atoms with Crippen molar-refractivity contribution in [2.45, 2.75) is 18.9 Å². The zero-order valence-electron chi connectivity index (χ0n) is 15.7. The van der Waals surface area contributed by atoms with Crippen LogP contribution >= 0.6 is 11.6 Å². The number of morpholine rings is 1. The third-order valence-electron chi connectivity index (χ3n) is 5.18.